The van der Waals surface area contributed by atoms with Crippen LogP contribution in [0.2, 0.25) is 0 Å². The van der Waals surface area contributed by atoms with Gasteiger partial charge in [0.2, 0.25) is 0 Å². The van der Waals surface area contributed by atoms with Crippen LogP contribution < -0.4 is 11.2 Å². The van der Waals surface area contributed by atoms with Gasteiger partial charge in [-0.1, -0.05) is 30.3 Å². The number of nitrogens with one attached hydrogen (secondary N) is 1. The first-order valence-corrected chi connectivity index (χ1v) is 14.0. The highest BCUT2D eigenvalue weighted by atomic mass is 19.1. The summed E-state index contributed by atoms with van der Waals surface area (Å²) < 4.78 is 17.2. The van der Waals surface area contributed by atoms with Crippen LogP contribution in [-0.2, 0) is 19.5 Å². The Bertz CT molecular complexity index is 1550. The Morgan fingerprint density at radius 3 is 2.66 bits per heavy atom. The molecule has 0 amide bonds. The standard InChI is InChI=1S/C31H35FN4O2/c32-24-13-14-27-25(19-24)26(20-33-27)23-11-8-16-34(21-23)15-6-7-18-36-30(37)29(22-9-2-1-3-10-22)28-12-4-5-17-35(28)31(36)38/h1-3,9-10,13-14,19-20,23,33H,4-8,11-12,15-18,21H2. The van der Waals surface area contributed by atoms with Crippen molar-refractivity contribution in [1.29, 1.82) is 0 Å². The molecular formula is C31H35FN4O2. The lowest BCUT2D eigenvalue weighted by molar-refractivity contribution is 0.204. The Balaban J connectivity index is 1.14. The average Bonchev–Trinajstić information content (AvgIpc) is 3.36. The van der Waals surface area contributed by atoms with Gasteiger partial charge in [0.15, 0.2) is 0 Å². The number of fused-ring (bicyclic) bond motifs is 2. The van der Waals surface area contributed by atoms with Crippen LogP contribution in [0.1, 0.15) is 55.7 Å². The summed E-state index contributed by atoms with van der Waals surface area (Å²) in [5.74, 6) is 0.176. The fourth-order valence-corrected chi connectivity index (χ4v) is 6.46. The second-order valence-corrected chi connectivity index (χ2v) is 10.8. The van der Waals surface area contributed by atoms with Crippen LogP contribution in [0, 0.1) is 5.82 Å². The molecule has 1 unspecified atom stereocenters. The summed E-state index contributed by atoms with van der Waals surface area (Å²) in [7, 11) is 0. The van der Waals surface area contributed by atoms with E-state index in [1.165, 1.54) is 16.2 Å². The van der Waals surface area contributed by atoms with E-state index in [1.807, 2.05) is 47.2 Å². The zero-order valence-electron chi connectivity index (χ0n) is 21.8. The smallest absolute Gasteiger partial charge is 0.331 e. The number of rotatable bonds is 7. The number of unbranched alkanes of at least 4 members (excludes halogenated alkanes) is 1. The first-order valence-electron chi connectivity index (χ1n) is 14.0. The molecule has 0 aliphatic carbocycles. The van der Waals surface area contributed by atoms with Gasteiger partial charge in [-0.05, 0) is 93.3 Å². The van der Waals surface area contributed by atoms with Crippen molar-refractivity contribution in [3.8, 4) is 11.1 Å². The molecular weight excluding hydrogens is 479 g/mol. The molecule has 6 nitrogen and oxygen atoms in total. The minimum Gasteiger partial charge on any atom is -0.361 e. The molecule has 38 heavy (non-hydrogen) atoms. The highest BCUT2D eigenvalue weighted by molar-refractivity contribution is 5.83. The van der Waals surface area contributed by atoms with Gasteiger partial charge in [-0.3, -0.25) is 13.9 Å². The Morgan fingerprint density at radius 2 is 1.79 bits per heavy atom. The summed E-state index contributed by atoms with van der Waals surface area (Å²) in [6.45, 7) is 4.05. The number of halogens is 1. The Hall–Kier alpha value is -3.45. The van der Waals surface area contributed by atoms with Gasteiger partial charge < -0.3 is 9.88 Å². The number of nitrogens with zero attached hydrogens (tertiary/aromatic N) is 3. The van der Waals surface area contributed by atoms with Gasteiger partial charge in [0.1, 0.15) is 5.82 Å². The van der Waals surface area contributed by atoms with Gasteiger partial charge in [-0.2, -0.15) is 0 Å². The summed E-state index contributed by atoms with van der Waals surface area (Å²) in [5.41, 5.74) is 4.35. The molecule has 6 rings (SSSR count). The van der Waals surface area contributed by atoms with Crippen LogP contribution in [0.25, 0.3) is 22.0 Å². The highest BCUT2D eigenvalue weighted by Gasteiger charge is 2.24. The van der Waals surface area contributed by atoms with E-state index in [0.29, 0.717) is 24.6 Å². The zero-order valence-corrected chi connectivity index (χ0v) is 21.8. The van der Waals surface area contributed by atoms with E-state index >= 15 is 0 Å². The van der Waals surface area contributed by atoms with Crippen molar-refractivity contribution in [2.45, 2.75) is 64.0 Å². The molecule has 1 saturated heterocycles. The Kier molecular flexibility index (Phi) is 7.02. The van der Waals surface area contributed by atoms with Crippen LogP contribution in [-0.4, -0.2) is 38.7 Å². The van der Waals surface area contributed by atoms with Crippen LogP contribution in [0.4, 0.5) is 4.39 Å². The molecule has 2 aromatic carbocycles. The zero-order chi connectivity index (χ0) is 26.1. The lowest BCUT2D eigenvalue weighted by atomic mass is 9.90. The molecule has 1 fully saturated rings. The van der Waals surface area contributed by atoms with E-state index in [1.54, 1.807) is 6.07 Å². The van der Waals surface area contributed by atoms with Crippen molar-refractivity contribution in [3.63, 3.8) is 0 Å². The fraction of sp³-hybridized carbons (Fsp3) is 0.419. The molecule has 198 valence electrons. The van der Waals surface area contributed by atoms with Crippen molar-refractivity contribution in [2.75, 3.05) is 19.6 Å². The van der Waals surface area contributed by atoms with E-state index in [2.05, 4.69) is 9.88 Å². The molecule has 2 aliphatic rings. The first-order chi connectivity index (χ1) is 18.6. The lowest BCUT2D eigenvalue weighted by Gasteiger charge is -2.32. The number of hydrogen-bond donors (Lipinski definition) is 1. The van der Waals surface area contributed by atoms with E-state index in [-0.39, 0.29) is 17.1 Å². The third kappa shape index (κ3) is 4.75. The number of benzene rings is 2. The number of hydrogen-bond acceptors (Lipinski definition) is 3. The van der Waals surface area contributed by atoms with Crippen molar-refractivity contribution < 1.29 is 4.39 Å². The van der Waals surface area contributed by atoms with Gasteiger partial charge in [0.25, 0.3) is 5.56 Å². The first kappa shape index (κ1) is 24.9. The maximum atomic E-state index is 13.9. The predicted molar refractivity (Wildman–Crippen MR) is 149 cm³/mol. The van der Waals surface area contributed by atoms with Gasteiger partial charge >= 0.3 is 5.69 Å². The van der Waals surface area contributed by atoms with Gasteiger partial charge in [0, 0.05) is 42.4 Å². The molecule has 7 heteroatoms. The van der Waals surface area contributed by atoms with Crippen LogP contribution in [0.5, 0.6) is 0 Å². The maximum Gasteiger partial charge on any atom is 0.331 e. The second-order valence-electron chi connectivity index (χ2n) is 10.8. The molecule has 0 spiro atoms. The SMILES string of the molecule is O=c1c(-c2ccccc2)c2n(c(=O)n1CCCCN1CCCC(c3c[nH]c4ccc(F)cc34)C1)CCCC2. The third-order valence-electron chi connectivity index (χ3n) is 8.37. The molecule has 1 atom stereocenters. The normalized spacial score (nSPS) is 18.1. The number of piperidine rings is 1. The molecule has 0 radical (unpaired) electrons. The van der Waals surface area contributed by atoms with Crippen LogP contribution >= 0.6 is 0 Å². The average molecular weight is 515 g/mol. The molecule has 2 aromatic heterocycles. The summed E-state index contributed by atoms with van der Waals surface area (Å²) in [6, 6.07) is 14.7. The van der Waals surface area contributed by atoms with Crippen LogP contribution in [0.3, 0.4) is 0 Å². The maximum absolute atomic E-state index is 13.9. The minimum absolute atomic E-state index is 0.154. The summed E-state index contributed by atoms with van der Waals surface area (Å²) in [4.78, 5) is 32.7. The third-order valence-corrected chi connectivity index (χ3v) is 8.37. The van der Waals surface area contributed by atoms with Crippen molar-refractivity contribution in [3.05, 3.63) is 92.6 Å². The van der Waals surface area contributed by atoms with Crippen molar-refractivity contribution in [1.82, 2.24) is 19.0 Å². The van der Waals surface area contributed by atoms with Gasteiger partial charge in [-0.25, -0.2) is 9.18 Å². The van der Waals surface area contributed by atoms with Crippen molar-refractivity contribution >= 4 is 10.9 Å². The van der Waals surface area contributed by atoms with Gasteiger partial charge in [0.05, 0.1) is 5.56 Å². The highest BCUT2D eigenvalue weighted by Crippen LogP contribution is 2.32. The number of H-pyrrole nitrogens is 1. The monoisotopic (exact) mass is 514 g/mol. The second kappa shape index (κ2) is 10.7. The van der Waals surface area contributed by atoms with Crippen LogP contribution in [0.15, 0.2) is 64.3 Å². The Labute approximate surface area is 221 Å². The molecule has 4 aromatic rings. The molecule has 0 bridgehead atoms. The molecule has 2 aliphatic heterocycles. The van der Waals surface area contributed by atoms with E-state index in [0.717, 1.165) is 86.7 Å². The lowest BCUT2D eigenvalue weighted by Crippen LogP contribution is -2.44. The summed E-state index contributed by atoms with van der Waals surface area (Å²) in [5, 5.41) is 0.985. The molecule has 4 heterocycles. The number of likely N-dealkylation sites (tertiary alicyclic amines) is 1. The number of aromatic nitrogens is 3. The molecule has 0 saturated carbocycles. The predicted octanol–water partition coefficient (Wildman–Crippen LogP) is 5.29. The quantitative estimate of drug-likeness (QED) is 0.341. The summed E-state index contributed by atoms with van der Waals surface area (Å²) >= 11 is 0. The topological polar surface area (TPSA) is 63.0 Å². The Morgan fingerprint density at radius 1 is 0.947 bits per heavy atom. The van der Waals surface area contributed by atoms with E-state index < -0.39 is 0 Å². The number of aromatic amines is 1. The van der Waals surface area contributed by atoms with Gasteiger partial charge in [-0.15, -0.1) is 0 Å². The fourth-order valence-electron chi connectivity index (χ4n) is 6.46. The van der Waals surface area contributed by atoms with Crippen molar-refractivity contribution in [2.24, 2.45) is 0 Å². The molecule has 1 N–H and O–H groups in total. The van der Waals surface area contributed by atoms with E-state index in [9.17, 15) is 14.0 Å². The summed E-state index contributed by atoms with van der Waals surface area (Å²) in [6.07, 6.45) is 8.70. The minimum atomic E-state index is -0.199. The van der Waals surface area contributed by atoms with E-state index in [4.69, 9.17) is 0 Å². The largest absolute Gasteiger partial charge is 0.361 e.